The lowest BCUT2D eigenvalue weighted by Gasteiger charge is -2.10. The maximum Gasteiger partial charge on any atom is 0.254 e. The van der Waals surface area contributed by atoms with Crippen LogP contribution in [0.2, 0.25) is 0 Å². The molecule has 0 saturated heterocycles. The van der Waals surface area contributed by atoms with Gasteiger partial charge in [0, 0.05) is 31.9 Å². The summed E-state index contributed by atoms with van der Waals surface area (Å²) in [6, 6.07) is 3.56. The van der Waals surface area contributed by atoms with Crippen molar-refractivity contribution in [1.29, 1.82) is 0 Å². The lowest BCUT2D eigenvalue weighted by Crippen LogP contribution is -2.21. The Hall–Kier alpha value is -1.95. The highest BCUT2D eigenvalue weighted by Gasteiger charge is 2.07. The van der Waals surface area contributed by atoms with Crippen LogP contribution in [-0.2, 0) is 6.54 Å². The molecule has 0 atom stereocenters. The third-order valence-corrected chi connectivity index (χ3v) is 3.10. The van der Waals surface area contributed by atoms with Crippen molar-refractivity contribution in [2.24, 2.45) is 0 Å². The quantitative estimate of drug-likeness (QED) is 0.913. The summed E-state index contributed by atoms with van der Waals surface area (Å²) in [5.74, 6) is 0.689. The van der Waals surface area contributed by atoms with Gasteiger partial charge >= 0.3 is 0 Å². The molecule has 0 aliphatic carbocycles. The lowest BCUT2D eigenvalue weighted by molar-refractivity contribution is 0.0827. The number of carbonyl (C=O) groups excluding carboxylic acids is 1. The highest BCUT2D eigenvalue weighted by atomic mass is 32.1. The molecular weight excluding hydrogens is 248 g/mol. The van der Waals surface area contributed by atoms with Gasteiger partial charge in [0.2, 0.25) is 0 Å². The summed E-state index contributed by atoms with van der Waals surface area (Å²) < 4.78 is 0. The van der Waals surface area contributed by atoms with E-state index in [9.17, 15) is 4.79 Å². The van der Waals surface area contributed by atoms with Gasteiger partial charge in [-0.2, -0.15) is 0 Å². The van der Waals surface area contributed by atoms with Gasteiger partial charge in [-0.1, -0.05) is 0 Å². The van der Waals surface area contributed by atoms with Crippen molar-refractivity contribution in [1.82, 2.24) is 14.9 Å². The third-order valence-electron chi connectivity index (χ3n) is 2.32. The second kappa shape index (κ2) is 5.59. The van der Waals surface area contributed by atoms with Crippen molar-refractivity contribution in [3.05, 3.63) is 40.5 Å². The van der Waals surface area contributed by atoms with Crippen molar-refractivity contribution < 1.29 is 4.79 Å². The Bertz CT molecular complexity index is 507. The molecule has 5 nitrogen and oxygen atoms in total. The molecule has 1 amide bonds. The van der Waals surface area contributed by atoms with E-state index in [1.54, 1.807) is 50.0 Å². The standard InChI is InChI=1S/C12H14N4OS/c1-16(2)12(17)9-3-4-10(14-7-9)15-8-11-13-5-6-18-11/h3-7H,8H2,1-2H3,(H,14,15). The smallest absolute Gasteiger partial charge is 0.254 e. The number of carbonyl (C=O) groups is 1. The predicted molar refractivity (Wildman–Crippen MR) is 71.7 cm³/mol. The van der Waals surface area contributed by atoms with E-state index in [2.05, 4.69) is 15.3 Å². The highest BCUT2D eigenvalue weighted by molar-refractivity contribution is 7.09. The molecule has 0 bridgehead atoms. The maximum absolute atomic E-state index is 11.7. The minimum Gasteiger partial charge on any atom is -0.364 e. The number of hydrogen-bond donors (Lipinski definition) is 1. The van der Waals surface area contributed by atoms with E-state index in [1.165, 1.54) is 4.90 Å². The zero-order chi connectivity index (χ0) is 13.0. The molecule has 2 aromatic rings. The molecule has 2 heterocycles. The van der Waals surface area contributed by atoms with Crippen molar-refractivity contribution in [3.8, 4) is 0 Å². The van der Waals surface area contributed by atoms with Crippen LogP contribution in [0.15, 0.2) is 29.9 Å². The number of hydrogen-bond acceptors (Lipinski definition) is 5. The van der Waals surface area contributed by atoms with Gasteiger partial charge in [-0.3, -0.25) is 4.79 Å². The van der Waals surface area contributed by atoms with Crippen LogP contribution in [-0.4, -0.2) is 34.9 Å². The molecule has 0 spiro atoms. The van der Waals surface area contributed by atoms with Gasteiger partial charge in [-0.15, -0.1) is 11.3 Å². The molecule has 94 valence electrons. The van der Waals surface area contributed by atoms with Crippen molar-refractivity contribution in [3.63, 3.8) is 0 Å². The molecule has 0 aromatic carbocycles. The Morgan fingerprint density at radius 3 is 2.78 bits per heavy atom. The summed E-state index contributed by atoms with van der Waals surface area (Å²) in [6.07, 6.45) is 3.35. The van der Waals surface area contributed by atoms with E-state index in [0.717, 1.165) is 10.8 Å². The van der Waals surface area contributed by atoms with Crippen LogP contribution in [0.5, 0.6) is 0 Å². The summed E-state index contributed by atoms with van der Waals surface area (Å²) >= 11 is 1.59. The Balaban J connectivity index is 1.97. The number of nitrogens with zero attached hydrogens (tertiary/aromatic N) is 3. The number of nitrogens with one attached hydrogen (secondary N) is 1. The van der Waals surface area contributed by atoms with E-state index < -0.39 is 0 Å². The number of anilines is 1. The maximum atomic E-state index is 11.7. The summed E-state index contributed by atoms with van der Waals surface area (Å²) in [5.41, 5.74) is 0.583. The molecule has 0 aliphatic rings. The van der Waals surface area contributed by atoms with E-state index in [1.807, 2.05) is 5.38 Å². The average Bonchev–Trinajstić information content (AvgIpc) is 2.89. The molecule has 18 heavy (non-hydrogen) atoms. The van der Waals surface area contributed by atoms with Crippen LogP contribution in [0.4, 0.5) is 5.82 Å². The average molecular weight is 262 g/mol. The first-order valence-electron chi connectivity index (χ1n) is 5.47. The topological polar surface area (TPSA) is 58.1 Å². The minimum absolute atomic E-state index is 0.0472. The minimum atomic E-state index is -0.0472. The van der Waals surface area contributed by atoms with E-state index in [-0.39, 0.29) is 5.91 Å². The first-order valence-corrected chi connectivity index (χ1v) is 6.35. The molecule has 0 saturated carbocycles. The Morgan fingerprint density at radius 1 is 1.39 bits per heavy atom. The Labute approximate surface area is 109 Å². The van der Waals surface area contributed by atoms with Gasteiger partial charge < -0.3 is 10.2 Å². The van der Waals surface area contributed by atoms with Crippen LogP contribution in [0.25, 0.3) is 0 Å². The molecule has 2 aromatic heterocycles. The van der Waals surface area contributed by atoms with Crippen LogP contribution in [0, 0.1) is 0 Å². The third kappa shape index (κ3) is 3.04. The van der Waals surface area contributed by atoms with Gasteiger partial charge in [0.25, 0.3) is 5.91 Å². The molecule has 0 aliphatic heterocycles. The van der Waals surface area contributed by atoms with Crippen molar-refractivity contribution >= 4 is 23.1 Å². The number of pyridine rings is 1. The summed E-state index contributed by atoms with van der Waals surface area (Å²) in [6.45, 7) is 0.644. The second-order valence-corrected chi connectivity index (χ2v) is 4.89. The van der Waals surface area contributed by atoms with Gasteiger partial charge in [0.05, 0.1) is 12.1 Å². The summed E-state index contributed by atoms with van der Waals surface area (Å²) in [7, 11) is 3.44. The van der Waals surface area contributed by atoms with E-state index >= 15 is 0 Å². The zero-order valence-electron chi connectivity index (χ0n) is 10.3. The highest BCUT2D eigenvalue weighted by Crippen LogP contribution is 2.10. The first-order chi connectivity index (χ1) is 8.66. The fourth-order valence-corrected chi connectivity index (χ4v) is 1.95. The number of thiazole rings is 1. The number of amides is 1. The summed E-state index contributed by atoms with van der Waals surface area (Å²) in [4.78, 5) is 21.6. The van der Waals surface area contributed by atoms with Gasteiger partial charge in [-0.25, -0.2) is 9.97 Å². The number of aromatic nitrogens is 2. The zero-order valence-corrected chi connectivity index (χ0v) is 11.1. The Morgan fingerprint density at radius 2 is 2.22 bits per heavy atom. The van der Waals surface area contributed by atoms with Crippen LogP contribution < -0.4 is 5.32 Å². The first kappa shape index (κ1) is 12.5. The van der Waals surface area contributed by atoms with E-state index in [0.29, 0.717) is 12.1 Å². The molecule has 1 N–H and O–H groups in total. The van der Waals surface area contributed by atoms with Crippen LogP contribution in [0.1, 0.15) is 15.4 Å². The van der Waals surface area contributed by atoms with Gasteiger partial charge in [-0.05, 0) is 12.1 Å². The molecule has 2 rings (SSSR count). The van der Waals surface area contributed by atoms with Gasteiger partial charge in [0.15, 0.2) is 0 Å². The number of rotatable bonds is 4. The summed E-state index contributed by atoms with van der Waals surface area (Å²) in [5, 5.41) is 6.09. The predicted octanol–water partition coefficient (Wildman–Crippen LogP) is 1.85. The SMILES string of the molecule is CN(C)C(=O)c1ccc(NCc2nccs2)nc1. The van der Waals surface area contributed by atoms with E-state index in [4.69, 9.17) is 0 Å². The lowest BCUT2D eigenvalue weighted by atomic mass is 10.2. The fourth-order valence-electron chi connectivity index (χ4n) is 1.39. The second-order valence-electron chi connectivity index (χ2n) is 3.91. The Kier molecular flexibility index (Phi) is 3.88. The van der Waals surface area contributed by atoms with Crippen LogP contribution >= 0.6 is 11.3 Å². The molecule has 0 unspecified atom stereocenters. The fraction of sp³-hybridized carbons (Fsp3) is 0.250. The van der Waals surface area contributed by atoms with Gasteiger partial charge in [0.1, 0.15) is 10.8 Å². The van der Waals surface area contributed by atoms with Crippen molar-refractivity contribution in [2.75, 3.05) is 19.4 Å². The largest absolute Gasteiger partial charge is 0.364 e. The molecule has 6 heteroatoms. The van der Waals surface area contributed by atoms with Crippen LogP contribution in [0.3, 0.4) is 0 Å². The molecule has 0 radical (unpaired) electrons. The molecule has 0 fully saturated rings. The normalized spacial score (nSPS) is 10.1. The monoisotopic (exact) mass is 262 g/mol. The molecular formula is C12H14N4OS. The van der Waals surface area contributed by atoms with Crippen molar-refractivity contribution in [2.45, 2.75) is 6.54 Å².